The molecule has 0 aliphatic heterocycles. The van der Waals surface area contributed by atoms with Gasteiger partial charge in [0.1, 0.15) is 5.75 Å². The molecule has 0 spiro atoms. The Hall–Kier alpha value is -2.36. The zero-order chi connectivity index (χ0) is 15.2. The molecule has 0 fully saturated rings. The maximum atomic E-state index is 12.5. The molecule has 0 radical (unpaired) electrons. The summed E-state index contributed by atoms with van der Waals surface area (Å²) in [6.07, 6.45) is 0.158. The Morgan fingerprint density at radius 3 is 2.24 bits per heavy atom. The molecule has 0 unspecified atom stereocenters. The van der Waals surface area contributed by atoms with Gasteiger partial charge in [0.05, 0.1) is 11.7 Å². The van der Waals surface area contributed by atoms with Gasteiger partial charge < -0.3 is 10.1 Å². The highest BCUT2D eigenvalue weighted by Gasteiger charge is 2.03. The van der Waals surface area contributed by atoms with E-state index in [4.69, 9.17) is 4.74 Å². The van der Waals surface area contributed by atoms with E-state index in [1.807, 2.05) is 38.1 Å². The van der Waals surface area contributed by atoms with Gasteiger partial charge in [-0.3, -0.25) is 4.79 Å². The maximum Gasteiger partial charge on any atom is 0.332 e. The molecule has 2 aromatic rings. The number of benzene rings is 2. The summed E-state index contributed by atoms with van der Waals surface area (Å²) in [6, 6.07) is 12.7. The van der Waals surface area contributed by atoms with Crippen molar-refractivity contribution in [2.45, 2.75) is 26.5 Å². The average Bonchev–Trinajstić information content (AvgIpc) is 2.46. The number of hydrogen-bond acceptors (Lipinski definition) is 3. The first-order valence-corrected chi connectivity index (χ1v) is 6.84. The van der Waals surface area contributed by atoms with Crippen molar-refractivity contribution >= 4 is 11.7 Å². The van der Waals surface area contributed by atoms with Crippen LogP contribution in [-0.2, 0) is 6.54 Å². The van der Waals surface area contributed by atoms with Gasteiger partial charge in [0.2, 0.25) is 0 Å². The molecule has 21 heavy (non-hydrogen) atoms. The number of carbonyl (C=O) groups excluding carboxylic acids is 1. The molecule has 0 aliphatic rings. The van der Waals surface area contributed by atoms with Crippen molar-refractivity contribution in [1.82, 2.24) is 0 Å². The molecule has 2 aromatic carbocycles. The van der Waals surface area contributed by atoms with Crippen LogP contribution in [0.5, 0.6) is 5.75 Å². The number of halogens is 1. The van der Waals surface area contributed by atoms with E-state index >= 15 is 0 Å². The van der Waals surface area contributed by atoms with Crippen LogP contribution >= 0.6 is 0 Å². The van der Waals surface area contributed by atoms with Gasteiger partial charge in [0, 0.05) is 12.2 Å². The van der Waals surface area contributed by atoms with Crippen LogP contribution in [0.15, 0.2) is 48.5 Å². The summed E-state index contributed by atoms with van der Waals surface area (Å²) >= 11 is 0. The van der Waals surface area contributed by atoms with Gasteiger partial charge in [-0.15, -0.1) is 0 Å². The minimum atomic E-state index is -1.41. The summed E-state index contributed by atoms with van der Waals surface area (Å²) in [6.45, 7) is 4.62. The molecule has 1 N–H and O–H groups in total. The quantitative estimate of drug-likeness (QED) is 0.809. The second-order valence-corrected chi connectivity index (χ2v) is 5.02. The fraction of sp³-hybridized carbons (Fsp3) is 0.235. The van der Waals surface area contributed by atoms with Crippen molar-refractivity contribution in [3.8, 4) is 5.75 Å². The van der Waals surface area contributed by atoms with Crippen molar-refractivity contribution in [2.75, 3.05) is 5.32 Å². The fourth-order valence-electron chi connectivity index (χ4n) is 1.88. The Balaban J connectivity index is 1.91. The highest BCUT2D eigenvalue weighted by Crippen LogP contribution is 2.16. The van der Waals surface area contributed by atoms with Gasteiger partial charge >= 0.3 is 6.04 Å². The van der Waals surface area contributed by atoms with Gasteiger partial charge in [-0.1, -0.05) is 12.1 Å². The molecule has 0 bridgehead atoms. The van der Waals surface area contributed by atoms with Crippen LogP contribution in [0.4, 0.5) is 10.1 Å². The number of rotatable bonds is 6. The van der Waals surface area contributed by atoms with Crippen LogP contribution in [0.3, 0.4) is 0 Å². The zero-order valence-electron chi connectivity index (χ0n) is 12.1. The molecule has 0 saturated heterocycles. The lowest BCUT2D eigenvalue weighted by molar-refractivity contribution is 0.0836. The van der Waals surface area contributed by atoms with Gasteiger partial charge in [-0.25, -0.2) is 0 Å². The highest BCUT2D eigenvalue weighted by molar-refractivity contribution is 5.88. The standard InChI is InChI=1S/C17H18FNO2/c1-12(2)21-16-9-3-13(4-10-16)11-19-15-7-5-14(6-8-15)17(18)20/h3-10,12,19H,11H2,1-2H3. The molecule has 0 saturated carbocycles. The van der Waals surface area contributed by atoms with Crippen molar-refractivity contribution in [3.63, 3.8) is 0 Å². The predicted octanol–water partition coefficient (Wildman–Crippen LogP) is 4.20. The average molecular weight is 287 g/mol. The summed E-state index contributed by atoms with van der Waals surface area (Å²) < 4.78 is 18.1. The van der Waals surface area contributed by atoms with Crippen molar-refractivity contribution in [3.05, 3.63) is 59.7 Å². The first kappa shape index (κ1) is 15.0. The van der Waals surface area contributed by atoms with Crippen molar-refractivity contribution in [1.29, 1.82) is 0 Å². The van der Waals surface area contributed by atoms with E-state index in [9.17, 15) is 9.18 Å². The lowest BCUT2D eigenvalue weighted by Gasteiger charge is -2.11. The van der Waals surface area contributed by atoms with E-state index in [1.165, 1.54) is 12.1 Å². The van der Waals surface area contributed by atoms with Gasteiger partial charge in [0.15, 0.2) is 0 Å². The summed E-state index contributed by atoms with van der Waals surface area (Å²) in [7, 11) is 0. The summed E-state index contributed by atoms with van der Waals surface area (Å²) in [5, 5.41) is 3.21. The van der Waals surface area contributed by atoms with E-state index in [-0.39, 0.29) is 11.7 Å². The van der Waals surface area contributed by atoms with Crippen LogP contribution < -0.4 is 10.1 Å². The SMILES string of the molecule is CC(C)Oc1ccc(CNc2ccc(C(=O)F)cc2)cc1. The van der Waals surface area contributed by atoms with Crippen LogP contribution in [0.25, 0.3) is 0 Å². The third-order valence-electron chi connectivity index (χ3n) is 2.90. The third kappa shape index (κ3) is 4.60. The Morgan fingerprint density at radius 1 is 1.10 bits per heavy atom. The van der Waals surface area contributed by atoms with Gasteiger partial charge in [0.25, 0.3) is 0 Å². The molecule has 4 heteroatoms. The molecule has 0 atom stereocenters. The van der Waals surface area contributed by atoms with Crippen LogP contribution in [0, 0.1) is 0 Å². The van der Waals surface area contributed by atoms with Crippen LogP contribution in [0.1, 0.15) is 29.8 Å². The smallest absolute Gasteiger partial charge is 0.332 e. The molecule has 2 rings (SSSR count). The van der Waals surface area contributed by atoms with E-state index < -0.39 is 6.04 Å². The number of carbonyl (C=O) groups is 1. The molecule has 0 amide bonds. The summed E-state index contributed by atoms with van der Waals surface area (Å²) in [5.41, 5.74) is 2.01. The Morgan fingerprint density at radius 2 is 1.71 bits per heavy atom. The molecule has 0 aromatic heterocycles. The first-order chi connectivity index (χ1) is 10.0. The second-order valence-electron chi connectivity index (χ2n) is 5.02. The molecular weight excluding hydrogens is 269 g/mol. The Kier molecular flexibility index (Phi) is 4.93. The lowest BCUT2D eigenvalue weighted by atomic mass is 10.2. The van der Waals surface area contributed by atoms with Crippen molar-refractivity contribution in [2.24, 2.45) is 0 Å². The second kappa shape index (κ2) is 6.88. The normalized spacial score (nSPS) is 10.5. The predicted molar refractivity (Wildman–Crippen MR) is 81.4 cm³/mol. The fourth-order valence-corrected chi connectivity index (χ4v) is 1.88. The topological polar surface area (TPSA) is 38.3 Å². The van der Waals surface area contributed by atoms with E-state index in [0.29, 0.717) is 6.54 Å². The summed E-state index contributed by atoms with van der Waals surface area (Å²) in [4.78, 5) is 10.5. The lowest BCUT2D eigenvalue weighted by Crippen LogP contribution is -2.05. The van der Waals surface area contributed by atoms with Gasteiger partial charge in [-0.2, -0.15) is 4.39 Å². The first-order valence-electron chi connectivity index (χ1n) is 6.84. The largest absolute Gasteiger partial charge is 0.491 e. The van der Waals surface area contributed by atoms with Crippen molar-refractivity contribution < 1.29 is 13.9 Å². The minimum Gasteiger partial charge on any atom is -0.491 e. The molecule has 0 aliphatic carbocycles. The summed E-state index contributed by atoms with van der Waals surface area (Å²) in [5.74, 6) is 0.847. The monoisotopic (exact) mass is 287 g/mol. The minimum absolute atomic E-state index is 0.0655. The zero-order valence-corrected chi connectivity index (χ0v) is 12.1. The Labute approximate surface area is 123 Å². The Bertz CT molecular complexity index is 591. The molecule has 0 heterocycles. The van der Waals surface area contributed by atoms with Gasteiger partial charge in [-0.05, 0) is 55.8 Å². The molecular formula is C17H18FNO2. The number of anilines is 1. The molecule has 110 valence electrons. The van der Waals surface area contributed by atoms with E-state index in [0.717, 1.165) is 17.0 Å². The van der Waals surface area contributed by atoms with Crippen LogP contribution in [-0.4, -0.2) is 12.1 Å². The number of nitrogens with one attached hydrogen (secondary N) is 1. The molecule has 3 nitrogen and oxygen atoms in total. The third-order valence-corrected chi connectivity index (χ3v) is 2.90. The van der Waals surface area contributed by atoms with E-state index in [1.54, 1.807) is 12.1 Å². The van der Waals surface area contributed by atoms with Crippen LogP contribution in [0.2, 0.25) is 0 Å². The van der Waals surface area contributed by atoms with E-state index in [2.05, 4.69) is 5.32 Å². The maximum absolute atomic E-state index is 12.5. The number of hydrogen-bond donors (Lipinski definition) is 1. The number of ether oxygens (including phenoxy) is 1. The highest BCUT2D eigenvalue weighted by atomic mass is 19.1.